The van der Waals surface area contributed by atoms with E-state index in [9.17, 15) is 8.42 Å². The first-order valence-electron chi connectivity index (χ1n) is 7.64. The highest BCUT2D eigenvalue weighted by Crippen LogP contribution is 2.29. The van der Waals surface area contributed by atoms with E-state index in [1.54, 1.807) is 24.3 Å². The zero-order chi connectivity index (χ0) is 18.9. The molecule has 0 aliphatic rings. The van der Waals surface area contributed by atoms with Gasteiger partial charge in [0.15, 0.2) is 11.0 Å². The minimum atomic E-state index is -3.97. The fourth-order valence-electron chi connectivity index (χ4n) is 2.22. The molecule has 3 aromatic rings. The Labute approximate surface area is 160 Å². The highest BCUT2D eigenvalue weighted by Gasteiger charge is 2.22. The van der Waals surface area contributed by atoms with Crippen molar-refractivity contribution < 1.29 is 8.42 Å². The fourth-order valence-corrected chi connectivity index (χ4v) is 3.96. The summed E-state index contributed by atoms with van der Waals surface area (Å²) in [4.78, 5) is 8.01. The minimum Gasteiger partial charge on any atom is -0.279 e. The van der Waals surface area contributed by atoms with Crippen LogP contribution in [0.2, 0.25) is 10.3 Å². The monoisotopic (exact) mass is 411 g/mol. The van der Waals surface area contributed by atoms with Gasteiger partial charge >= 0.3 is 0 Å². The number of nitrogens with one attached hydrogen (secondary N) is 2. The van der Waals surface area contributed by atoms with Gasteiger partial charge in [-0.25, -0.2) is 18.4 Å². The van der Waals surface area contributed by atoms with Crippen LogP contribution in [0, 0.1) is 0 Å². The van der Waals surface area contributed by atoms with Crippen LogP contribution in [0.3, 0.4) is 0 Å². The lowest BCUT2D eigenvalue weighted by molar-refractivity contribution is 0.601. The van der Waals surface area contributed by atoms with Crippen LogP contribution in [0.1, 0.15) is 25.6 Å². The zero-order valence-corrected chi connectivity index (χ0v) is 16.2. The van der Waals surface area contributed by atoms with Crippen molar-refractivity contribution in [3.05, 3.63) is 52.5 Å². The second-order valence-electron chi connectivity index (χ2n) is 5.77. The van der Waals surface area contributed by atoms with Crippen LogP contribution in [0.4, 0.5) is 5.69 Å². The first-order chi connectivity index (χ1) is 12.3. The van der Waals surface area contributed by atoms with Crippen LogP contribution in [0.15, 0.2) is 41.3 Å². The van der Waals surface area contributed by atoms with Gasteiger partial charge in [-0.1, -0.05) is 49.2 Å². The van der Waals surface area contributed by atoms with Crippen molar-refractivity contribution in [1.82, 2.24) is 20.2 Å². The molecule has 2 aromatic heterocycles. The smallest absolute Gasteiger partial charge is 0.264 e. The minimum absolute atomic E-state index is 0.108. The summed E-state index contributed by atoms with van der Waals surface area (Å²) < 4.78 is 27.9. The first-order valence-corrected chi connectivity index (χ1v) is 9.88. The number of rotatable bonds is 5. The summed E-state index contributed by atoms with van der Waals surface area (Å²) in [6.07, 6.45) is 0. The first kappa shape index (κ1) is 18.6. The Morgan fingerprint density at radius 1 is 1.08 bits per heavy atom. The summed E-state index contributed by atoms with van der Waals surface area (Å²) in [5, 5.41) is 6.93. The molecule has 7 nitrogen and oxygen atoms in total. The van der Waals surface area contributed by atoms with Gasteiger partial charge in [-0.05, 0) is 24.3 Å². The standard InChI is InChI=1S/C16H15Cl2N5O2S/c1-9(2)15-20-16(22-21-15)10-5-3-4-6-11(10)23-26(24,25)12-7-8-13(17)19-14(12)18/h3-9,23H,1-2H3,(H,20,21,22). The number of benzene rings is 1. The molecule has 10 heteroatoms. The van der Waals surface area contributed by atoms with Crippen LogP contribution >= 0.6 is 23.2 Å². The molecule has 0 saturated carbocycles. The third kappa shape index (κ3) is 3.82. The number of sulfonamides is 1. The number of H-pyrrole nitrogens is 1. The molecular formula is C16H15Cl2N5O2S. The average Bonchev–Trinajstić information content (AvgIpc) is 3.04. The number of halogens is 2. The molecule has 0 fully saturated rings. The lowest BCUT2D eigenvalue weighted by Crippen LogP contribution is -2.14. The molecule has 0 spiro atoms. The van der Waals surface area contributed by atoms with E-state index in [-0.39, 0.29) is 21.1 Å². The molecule has 136 valence electrons. The highest BCUT2D eigenvalue weighted by molar-refractivity contribution is 7.92. The van der Waals surface area contributed by atoms with E-state index in [2.05, 4.69) is 24.9 Å². The van der Waals surface area contributed by atoms with Gasteiger partial charge < -0.3 is 0 Å². The molecule has 0 aliphatic heterocycles. The van der Waals surface area contributed by atoms with Crippen LogP contribution in [-0.4, -0.2) is 28.6 Å². The van der Waals surface area contributed by atoms with Gasteiger partial charge in [0.1, 0.15) is 15.9 Å². The van der Waals surface area contributed by atoms with Crippen molar-refractivity contribution in [2.75, 3.05) is 4.72 Å². The van der Waals surface area contributed by atoms with E-state index in [1.165, 1.54) is 12.1 Å². The molecule has 0 aliphatic carbocycles. The average molecular weight is 412 g/mol. The van der Waals surface area contributed by atoms with Gasteiger partial charge in [0.2, 0.25) is 0 Å². The summed E-state index contributed by atoms with van der Waals surface area (Å²) in [7, 11) is -3.97. The largest absolute Gasteiger partial charge is 0.279 e. The van der Waals surface area contributed by atoms with Crippen molar-refractivity contribution in [1.29, 1.82) is 0 Å². The molecule has 2 N–H and O–H groups in total. The number of aromatic amines is 1. The zero-order valence-electron chi connectivity index (χ0n) is 13.9. The van der Waals surface area contributed by atoms with E-state index >= 15 is 0 Å². The molecule has 0 amide bonds. The van der Waals surface area contributed by atoms with Crippen LogP contribution in [0.25, 0.3) is 11.4 Å². The van der Waals surface area contributed by atoms with Crippen molar-refractivity contribution in [2.45, 2.75) is 24.7 Å². The quantitative estimate of drug-likeness (QED) is 0.615. The number of hydrogen-bond acceptors (Lipinski definition) is 5. The Morgan fingerprint density at radius 2 is 1.81 bits per heavy atom. The Hall–Kier alpha value is -2.16. The van der Waals surface area contributed by atoms with Gasteiger partial charge in [-0.2, -0.15) is 5.10 Å². The summed E-state index contributed by atoms with van der Waals surface area (Å²) >= 11 is 11.7. The van der Waals surface area contributed by atoms with Crippen molar-refractivity contribution >= 4 is 38.9 Å². The van der Waals surface area contributed by atoms with E-state index in [1.807, 2.05) is 13.8 Å². The van der Waals surface area contributed by atoms with E-state index in [4.69, 9.17) is 23.2 Å². The van der Waals surface area contributed by atoms with Crippen LogP contribution in [0.5, 0.6) is 0 Å². The summed E-state index contributed by atoms with van der Waals surface area (Å²) in [5.41, 5.74) is 0.866. The molecule has 1 aromatic carbocycles. The second kappa shape index (κ2) is 7.22. The van der Waals surface area contributed by atoms with Gasteiger partial charge in [0.25, 0.3) is 10.0 Å². The maximum Gasteiger partial charge on any atom is 0.264 e. The number of aromatic nitrogens is 4. The molecule has 0 saturated heterocycles. The van der Waals surface area contributed by atoms with Crippen molar-refractivity contribution in [3.63, 3.8) is 0 Å². The highest BCUT2D eigenvalue weighted by atomic mass is 35.5. The van der Waals surface area contributed by atoms with Gasteiger partial charge in [0, 0.05) is 11.5 Å². The van der Waals surface area contributed by atoms with E-state index in [0.29, 0.717) is 22.9 Å². The Bertz CT molecular complexity index is 1050. The number of pyridine rings is 1. The fraction of sp³-hybridized carbons (Fsp3) is 0.188. The van der Waals surface area contributed by atoms with Crippen molar-refractivity contribution in [3.8, 4) is 11.4 Å². The number of hydrogen-bond donors (Lipinski definition) is 2. The van der Waals surface area contributed by atoms with Gasteiger partial charge in [0.05, 0.1) is 5.69 Å². The SMILES string of the molecule is CC(C)c1nc(-c2ccccc2NS(=O)(=O)c2ccc(Cl)nc2Cl)n[nH]1. The summed E-state index contributed by atoms with van der Waals surface area (Å²) in [6.45, 7) is 3.96. The number of para-hydroxylation sites is 1. The Morgan fingerprint density at radius 3 is 2.46 bits per heavy atom. The lowest BCUT2D eigenvalue weighted by atomic mass is 10.1. The van der Waals surface area contributed by atoms with E-state index < -0.39 is 10.0 Å². The third-order valence-electron chi connectivity index (χ3n) is 3.53. The predicted molar refractivity (Wildman–Crippen MR) is 101 cm³/mol. The molecule has 0 bridgehead atoms. The molecular weight excluding hydrogens is 397 g/mol. The Kier molecular flexibility index (Phi) is 5.17. The molecule has 0 unspecified atom stereocenters. The lowest BCUT2D eigenvalue weighted by Gasteiger charge is -2.11. The summed E-state index contributed by atoms with van der Waals surface area (Å²) in [5.74, 6) is 1.27. The molecule has 0 atom stereocenters. The predicted octanol–water partition coefficient (Wildman–Crippen LogP) is 4.10. The molecule has 3 rings (SSSR count). The number of anilines is 1. The maximum atomic E-state index is 12.7. The summed E-state index contributed by atoms with van der Waals surface area (Å²) in [6, 6.07) is 9.49. The van der Waals surface area contributed by atoms with Crippen LogP contribution in [-0.2, 0) is 10.0 Å². The van der Waals surface area contributed by atoms with Crippen LogP contribution < -0.4 is 4.72 Å². The topological polar surface area (TPSA) is 101 Å². The van der Waals surface area contributed by atoms with Gasteiger partial charge in [-0.3, -0.25) is 9.82 Å². The van der Waals surface area contributed by atoms with Crippen molar-refractivity contribution in [2.24, 2.45) is 0 Å². The van der Waals surface area contributed by atoms with Gasteiger partial charge in [-0.15, -0.1) is 0 Å². The maximum absolute atomic E-state index is 12.7. The molecule has 26 heavy (non-hydrogen) atoms. The third-order valence-corrected chi connectivity index (χ3v) is 5.54. The molecule has 0 radical (unpaired) electrons. The number of nitrogens with zero attached hydrogens (tertiary/aromatic N) is 3. The Balaban J connectivity index is 2.00. The molecule has 2 heterocycles. The normalized spacial score (nSPS) is 11.7. The van der Waals surface area contributed by atoms with E-state index in [0.717, 1.165) is 0 Å². The second-order valence-corrected chi connectivity index (χ2v) is 8.17.